The summed E-state index contributed by atoms with van der Waals surface area (Å²) in [7, 11) is 0. The number of anilines is 2. The van der Waals surface area contributed by atoms with Crippen molar-refractivity contribution >= 4 is 29.3 Å². The van der Waals surface area contributed by atoms with Crippen molar-refractivity contribution in [3.63, 3.8) is 0 Å². The van der Waals surface area contributed by atoms with Gasteiger partial charge in [-0.1, -0.05) is 11.8 Å². The van der Waals surface area contributed by atoms with Crippen LogP contribution in [0.15, 0.2) is 23.4 Å². The molecule has 3 aliphatic heterocycles. The van der Waals surface area contributed by atoms with E-state index in [1.807, 2.05) is 0 Å². The maximum Gasteiger partial charge on any atom is 0.234 e. The second-order valence-electron chi connectivity index (χ2n) is 7.53. The molecule has 10 nitrogen and oxygen atoms in total. The van der Waals surface area contributed by atoms with E-state index in [-0.39, 0.29) is 24.6 Å². The third-order valence-corrected chi connectivity index (χ3v) is 6.36. The van der Waals surface area contributed by atoms with Gasteiger partial charge in [-0.05, 0) is 25.0 Å². The van der Waals surface area contributed by atoms with Gasteiger partial charge >= 0.3 is 0 Å². The number of morpholine rings is 1. The maximum absolute atomic E-state index is 12.5. The summed E-state index contributed by atoms with van der Waals surface area (Å²) in [6.07, 6.45) is 2.24. The number of nitrogens with one attached hydrogen (secondary N) is 1. The van der Waals surface area contributed by atoms with Crippen LogP contribution in [0.1, 0.15) is 12.8 Å². The summed E-state index contributed by atoms with van der Waals surface area (Å²) in [6, 6.07) is 5.35. The minimum atomic E-state index is -0.122. The summed E-state index contributed by atoms with van der Waals surface area (Å²) >= 11 is 1.38. The molecule has 0 spiro atoms. The lowest BCUT2D eigenvalue weighted by atomic mass is 10.2. The third kappa shape index (κ3) is 4.73. The summed E-state index contributed by atoms with van der Waals surface area (Å²) in [5, 5.41) is 12.4. The zero-order valence-corrected chi connectivity index (χ0v) is 17.9. The highest BCUT2D eigenvalue weighted by Gasteiger charge is 2.25. The summed E-state index contributed by atoms with van der Waals surface area (Å²) in [5.41, 5.74) is 0.671. The van der Waals surface area contributed by atoms with Crippen LogP contribution in [0.5, 0.6) is 11.5 Å². The summed E-state index contributed by atoms with van der Waals surface area (Å²) in [6.45, 7) is 4.58. The van der Waals surface area contributed by atoms with Crippen LogP contribution in [0.25, 0.3) is 0 Å². The lowest BCUT2D eigenvalue weighted by molar-refractivity contribution is -0.113. The molecule has 3 aliphatic rings. The SMILES string of the molecule is O=C(CSc1nnc(N2CCOCC2)n1C[C@H]1CCCO1)Nc1ccc2c(c1)OCO2. The molecule has 0 unspecified atom stereocenters. The zero-order chi connectivity index (χ0) is 21.0. The molecule has 1 atom stereocenters. The number of amides is 1. The predicted octanol–water partition coefficient (Wildman–Crippen LogP) is 1.75. The molecular formula is C20H25N5O5S. The molecule has 2 fully saturated rings. The van der Waals surface area contributed by atoms with Crippen LogP contribution < -0.4 is 19.7 Å². The van der Waals surface area contributed by atoms with Crippen molar-refractivity contribution in [2.24, 2.45) is 0 Å². The monoisotopic (exact) mass is 447 g/mol. The average molecular weight is 448 g/mol. The van der Waals surface area contributed by atoms with Crippen LogP contribution in [0.3, 0.4) is 0 Å². The molecule has 1 aromatic heterocycles. The Balaban J connectivity index is 1.25. The van der Waals surface area contributed by atoms with Gasteiger partial charge in [-0.25, -0.2) is 0 Å². The quantitative estimate of drug-likeness (QED) is 0.636. The van der Waals surface area contributed by atoms with Crippen molar-refractivity contribution in [2.45, 2.75) is 30.6 Å². The van der Waals surface area contributed by atoms with E-state index in [0.717, 1.165) is 43.6 Å². The van der Waals surface area contributed by atoms with E-state index in [2.05, 4.69) is 25.0 Å². The van der Waals surface area contributed by atoms with Crippen LogP contribution in [-0.4, -0.2) is 72.2 Å². The van der Waals surface area contributed by atoms with Gasteiger partial charge in [0, 0.05) is 31.5 Å². The first kappa shape index (κ1) is 20.4. The Morgan fingerprint density at radius 2 is 2.03 bits per heavy atom. The smallest absolute Gasteiger partial charge is 0.234 e. The molecule has 2 saturated heterocycles. The number of nitrogens with zero attached hydrogens (tertiary/aromatic N) is 4. The van der Waals surface area contributed by atoms with E-state index in [9.17, 15) is 4.79 Å². The van der Waals surface area contributed by atoms with Gasteiger partial charge in [0.15, 0.2) is 16.7 Å². The van der Waals surface area contributed by atoms with E-state index in [0.29, 0.717) is 36.9 Å². The van der Waals surface area contributed by atoms with E-state index < -0.39 is 0 Å². The fourth-order valence-electron chi connectivity index (χ4n) is 3.84. The number of ether oxygens (including phenoxy) is 4. The number of hydrogen-bond donors (Lipinski definition) is 1. The molecule has 166 valence electrons. The van der Waals surface area contributed by atoms with Crippen molar-refractivity contribution in [1.82, 2.24) is 14.8 Å². The highest BCUT2D eigenvalue weighted by atomic mass is 32.2. The normalized spacial score (nSPS) is 20.3. The molecular weight excluding hydrogens is 422 g/mol. The summed E-state index contributed by atoms with van der Waals surface area (Å²) in [5.74, 6) is 2.24. The topological polar surface area (TPSA) is 100.0 Å². The van der Waals surface area contributed by atoms with Gasteiger partial charge in [-0.15, -0.1) is 10.2 Å². The Bertz CT molecular complexity index is 927. The number of benzene rings is 1. The molecule has 2 aromatic rings. The van der Waals surface area contributed by atoms with Gasteiger partial charge in [-0.3, -0.25) is 9.36 Å². The zero-order valence-electron chi connectivity index (χ0n) is 17.1. The molecule has 0 bridgehead atoms. The standard InChI is InChI=1S/C20H25N5O5S/c26-18(21-14-3-4-16-17(10-14)30-13-29-16)12-31-20-23-22-19(24-5-8-27-9-6-24)25(20)11-15-2-1-7-28-15/h3-4,10,15H,1-2,5-9,11-13H2,(H,21,26)/t15-/m1/s1. The number of fused-ring (bicyclic) bond motifs is 1. The van der Waals surface area contributed by atoms with Crippen molar-refractivity contribution in [3.8, 4) is 11.5 Å². The molecule has 0 aliphatic carbocycles. The molecule has 0 radical (unpaired) electrons. The predicted molar refractivity (Wildman–Crippen MR) is 114 cm³/mol. The average Bonchev–Trinajstić information content (AvgIpc) is 3.54. The van der Waals surface area contributed by atoms with E-state index in [4.69, 9.17) is 18.9 Å². The number of carbonyl (C=O) groups excluding carboxylic acids is 1. The highest BCUT2D eigenvalue weighted by molar-refractivity contribution is 7.99. The van der Waals surface area contributed by atoms with Gasteiger partial charge in [0.1, 0.15) is 0 Å². The van der Waals surface area contributed by atoms with E-state index >= 15 is 0 Å². The highest BCUT2D eigenvalue weighted by Crippen LogP contribution is 2.34. The van der Waals surface area contributed by atoms with E-state index in [1.54, 1.807) is 18.2 Å². The van der Waals surface area contributed by atoms with E-state index in [1.165, 1.54) is 11.8 Å². The first-order chi connectivity index (χ1) is 15.3. The number of thioether (sulfide) groups is 1. The molecule has 31 heavy (non-hydrogen) atoms. The number of rotatable bonds is 7. The number of hydrogen-bond acceptors (Lipinski definition) is 9. The first-order valence-electron chi connectivity index (χ1n) is 10.5. The Kier molecular flexibility index (Phi) is 6.14. The Hall–Kier alpha value is -2.50. The minimum Gasteiger partial charge on any atom is -0.454 e. The van der Waals surface area contributed by atoms with Crippen molar-refractivity contribution in [2.75, 3.05) is 55.7 Å². The lowest BCUT2D eigenvalue weighted by Gasteiger charge is -2.28. The molecule has 11 heteroatoms. The van der Waals surface area contributed by atoms with Crippen LogP contribution in [0.4, 0.5) is 11.6 Å². The Labute approximate surface area is 184 Å². The van der Waals surface area contributed by atoms with Crippen LogP contribution >= 0.6 is 11.8 Å². The molecule has 5 rings (SSSR count). The van der Waals surface area contributed by atoms with Crippen LogP contribution in [-0.2, 0) is 20.8 Å². The van der Waals surface area contributed by atoms with Gasteiger partial charge in [0.05, 0.1) is 31.6 Å². The first-order valence-corrected chi connectivity index (χ1v) is 11.4. The van der Waals surface area contributed by atoms with Gasteiger partial charge in [0.25, 0.3) is 0 Å². The lowest BCUT2D eigenvalue weighted by Crippen LogP contribution is -2.38. The fourth-order valence-corrected chi connectivity index (χ4v) is 4.58. The van der Waals surface area contributed by atoms with Crippen molar-refractivity contribution in [1.29, 1.82) is 0 Å². The molecule has 1 N–H and O–H groups in total. The molecule has 4 heterocycles. The Morgan fingerprint density at radius 1 is 1.16 bits per heavy atom. The second kappa shape index (κ2) is 9.33. The largest absolute Gasteiger partial charge is 0.454 e. The number of aromatic nitrogens is 3. The molecule has 1 aromatic carbocycles. The minimum absolute atomic E-state index is 0.122. The van der Waals surface area contributed by atoms with Gasteiger partial charge in [-0.2, -0.15) is 0 Å². The third-order valence-electron chi connectivity index (χ3n) is 5.39. The van der Waals surface area contributed by atoms with Crippen LogP contribution in [0, 0.1) is 0 Å². The van der Waals surface area contributed by atoms with Gasteiger partial charge < -0.3 is 29.2 Å². The molecule has 1 amide bonds. The fraction of sp³-hybridized carbons (Fsp3) is 0.550. The summed E-state index contributed by atoms with van der Waals surface area (Å²) in [4.78, 5) is 14.7. The molecule has 0 saturated carbocycles. The Morgan fingerprint density at radius 3 is 2.87 bits per heavy atom. The van der Waals surface area contributed by atoms with Crippen molar-refractivity contribution < 1.29 is 23.7 Å². The maximum atomic E-state index is 12.5. The number of carbonyl (C=O) groups is 1. The second-order valence-corrected chi connectivity index (χ2v) is 8.48. The summed E-state index contributed by atoms with van der Waals surface area (Å²) < 4.78 is 24.1. The van der Waals surface area contributed by atoms with Gasteiger partial charge in [0.2, 0.25) is 18.6 Å². The van der Waals surface area contributed by atoms with Crippen LogP contribution in [0.2, 0.25) is 0 Å². The van der Waals surface area contributed by atoms with Crippen molar-refractivity contribution in [3.05, 3.63) is 18.2 Å².